The maximum atomic E-state index is 11.6. The molecule has 0 radical (unpaired) electrons. The molecule has 1 heterocycles. The van der Waals surface area contributed by atoms with Gasteiger partial charge in [-0.25, -0.2) is 13.6 Å². The molecule has 3 N–H and O–H groups in total. The van der Waals surface area contributed by atoms with Gasteiger partial charge in [-0.15, -0.1) is 0 Å². The van der Waals surface area contributed by atoms with Crippen molar-refractivity contribution in [3.05, 3.63) is 24.3 Å². The molecule has 1 unspecified atom stereocenters. The molecule has 0 aliphatic carbocycles. The van der Waals surface area contributed by atoms with Gasteiger partial charge in [0.2, 0.25) is 10.0 Å². The van der Waals surface area contributed by atoms with Crippen molar-refractivity contribution in [3.8, 4) is 0 Å². The molecule has 100 valence electrons. The Morgan fingerprint density at radius 1 is 1.33 bits per heavy atom. The molecular weight excluding hydrogens is 252 g/mol. The molecule has 0 spiro atoms. The van der Waals surface area contributed by atoms with Gasteiger partial charge in [0.25, 0.3) is 0 Å². The molecule has 0 saturated carbocycles. The number of para-hydroxylation sites is 1. The Morgan fingerprint density at radius 3 is 2.72 bits per heavy atom. The molecule has 1 aliphatic rings. The number of primary sulfonamides is 1. The Bertz CT molecular complexity index is 516. The number of sulfonamides is 1. The lowest BCUT2D eigenvalue weighted by Crippen LogP contribution is -2.42. The number of rotatable bonds is 3. The highest BCUT2D eigenvalue weighted by Crippen LogP contribution is 2.29. The van der Waals surface area contributed by atoms with E-state index in [0.717, 1.165) is 25.8 Å². The molecule has 1 aromatic carbocycles. The first kappa shape index (κ1) is 13.3. The maximum absolute atomic E-state index is 11.6. The zero-order valence-electron chi connectivity index (χ0n) is 10.1. The lowest BCUT2D eigenvalue weighted by molar-refractivity contribution is 0.239. The minimum atomic E-state index is -3.74. The van der Waals surface area contributed by atoms with Gasteiger partial charge in [-0.1, -0.05) is 12.1 Å². The summed E-state index contributed by atoms with van der Waals surface area (Å²) in [6, 6.07) is 6.66. The number of aliphatic hydroxyl groups excluding tert-OH is 1. The molecule has 1 fully saturated rings. The van der Waals surface area contributed by atoms with Gasteiger partial charge >= 0.3 is 0 Å². The third-order valence-corrected chi connectivity index (χ3v) is 4.28. The van der Waals surface area contributed by atoms with Crippen LogP contribution in [-0.4, -0.2) is 32.7 Å². The second-order valence-electron chi connectivity index (χ2n) is 4.54. The summed E-state index contributed by atoms with van der Waals surface area (Å²) in [6.07, 6.45) is 2.92. The van der Waals surface area contributed by atoms with Crippen molar-refractivity contribution >= 4 is 15.7 Å². The first-order valence-corrected chi connectivity index (χ1v) is 7.58. The zero-order chi connectivity index (χ0) is 13.2. The summed E-state index contributed by atoms with van der Waals surface area (Å²) in [5, 5.41) is 14.6. The molecule has 1 atom stereocenters. The van der Waals surface area contributed by atoms with Gasteiger partial charge < -0.3 is 10.0 Å². The monoisotopic (exact) mass is 270 g/mol. The average molecular weight is 270 g/mol. The highest BCUT2D eigenvalue weighted by Gasteiger charge is 2.26. The minimum Gasteiger partial charge on any atom is -0.394 e. The van der Waals surface area contributed by atoms with E-state index in [1.807, 2.05) is 4.90 Å². The van der Waals surface area contributed by atoms with E-state index in [0.29, 0.717) is 5.69 Å². The summed E-state index contributed by atoms with van der Waals surface area (Å²) in [7, 11) is -3.74. The van der Waals surface area contributed by atoms with Crippen LogP contribution >= 0.6 is 0 Å². The summed E-state index contributed by atoms with van der Waals surface area (Å²) in [5.41, 5.74) is 0.596. The lowest BCUT2D eigenvalue weighted by atomic mass is 10.0. The summed E-state index contributed by atoms with van der Waals surface area (Å²) in [4.78, 5) is 2.08. The Morgan fingerprint density at radius 2 is 2.06 bits per heavy atom. The first-order chi connectivity index (χ1) is 8.54. The smallest absolute Gasteiger partial charge is 0.240 e. The summed E-state index contributed by atoms with van der Waals surface area (Å²) >= 11 is 0. The van der Waals surface area contributed by atoms with Crippen molar-refractivity contribution < 1.29 is 13.5 Å². The molecule has 1 aromatic rings. The third-order valence-electron chi connectivity index (χ3n) is 3.32. The van der Waals surface area contributed by atoms with Crippen LogP contribution in [-0.2, 0) is 10.0 Å². The van der Waals surface area contributed by atoms with Crippen molar-refractivity contribution in [3.63, 3.8) is 0 Å². The Kier molecular flexibility index (Phi) is 3.89. The molecule has 0 amide bonds. The largest absolute Gasteiger partial charge is 0.394 e. The van der Waals surface area contributed by atoms with Crippen LogP contribution in [0.4, 0.5) is 5.69 Å². The topological polar surface area (TPSA) is 83.6 Å². The number of hydrogen-bond acceptors (Lipinski definition) is 4. The van der Waals surface area contributed by atoms with E-state index in [-0.39, 0.29) is 17.5 Å². The van der Waals surface area contributed by atoms with Gasteiger partial charge in [0, 0.05) is 6.54 Å². The number of benzene rings is 1. The number of nitrogens with zero attached hydrogens (tertiary/aromatic N) is 1. The number of piperidine rings is 1. The van der Waals surface area contributed by atoms with E-state index in [9.17, 15) is 13.5 Å². The fraction of sp³-hybridized carbons (Fsp3) is 0.500. The van der Waals surface area contributed by atoms with E-state index in [1.165, 1.54) is 6.07 Å². The highest BCUT2D eigenvalue weighted by molar-refractivity contribution is 7.89. The van der Waals surface area contributed by atoms with Crippen LogP contribution in [0.2, 0.25) is 0 Å². The van der Waals surface area contributed by atoms with E-state index in [1.54, 1.807) is 18.2 Å². The first-order valence-electron chi connectivity index (χ1n) is 6.03. The molecule has 5 nitrogen and oxygen atoms in total. The van der Waals surface area contributed by atoms with E-state index in [4.69, 9.17) is 5.14 Å². The number of anilines is 1. The molecule has 0 aromatic heterocycles. The van der Waals surface area contributed by atoms with Crippen LogP contribution < -0.4 is 10.0 Å². The Labute approximate surface area is 107 Å². The van der Waals surface area contributed by atoms with Gasteiger partial charge in [0.15, 0.2) is 0 Å². The van der Waals surface area contributed by atoms with Crippen molar-refractivity contribution in [1.29, 1.82) is 0 Å². The van der Waals surface area contributed by atoms with Gasteiger partial charge in [-0.05, 0) is 31.4 Å². The van der Waals surface area contributed by atoms with Crippen LogP contribution in [0.3, 0.4) is 0 Å². The van der Waals surface area contributed by atoms with E-state index >= 15 is 0 Å². The van der Waals surface area contributed by atoms with E-state index in [2.05, 4.69) is 0 Å². The van der Waals surface area contributed by atoms with Gasteiger partial charge in [0.05, 0.1) is 18.3 Å². The average Bonchev–Trinajstić information content (AvgIpc) is 2.37. The molecular formula is C12H18N2O3S. The van der Waals surface area contributed by atoms with Crippen LogP contribution in [0, 0.1) is 0 Å². The van der Waals surface area contributed by atoms with Crippen LogP contribution in [0.5, 0.6) is 0 Å². The second-order valence-corrected chi connectivity index (χ2v) is 6.07. The summed E-state index contributed by atoms with van der Waals surface area (Å²) in [6.45, 7) is 0.775. The molecule has 0 bridgehead atoms. The minimum absolute atomic E-state index is 0.0263. The number of aliphatic hydroxyl groups is 1. The maximum Gasteiger partial charge on any atom is 0.240 e. The molecule has 1 aliphatic heterocycles. The zero-order valence-corrected chi connectivity index (χ0v) is 10.9. The predicted octanol–water partition coefficient (Wildman–Crippen LogP) is 0.685. The highest BCUT2D eigenvalue weighted by atomic mass is 32.2. The van der Waals surface area contributed by atoms with E-state index < -0.39 is 10.0 Å². The second kappa shape index (κ2) is 5.26. The van der Waals surface area contributed by atoms with Gasteiger partial charge in [0.1, 0.15) is 4.90 Å². The Hall–Kier alpha value is -1.11. The molecule has 1 saturated heterocycles. The normalized spacial score (nSPS) is 21.0. The van der Waals surface area contributed by atoms with Crippen molar-refractivity contribution in [2.75, 3.05) is 18.1 Å². The summed E-state index contributed by atoms with van der Waals surface area (Å²) in [5.74, 6) is 0. The number of hydrogen-bond donors (Lipinski definition) is 2. The van der Waals surface area contributed by atoms with Crippen molar-refractivity contribution in [2.45, 2.75) is 30.2 Å². The molecule has 6 heteroatoms. The van der Waals surface area contributed by atoms with Gasteiger partial charge in [-0.2, -0.15) is 0 Å². The SMILES string of the molecule is NS(=O)(=O)c1ccccc1N1CCCCC1CO. The third kappa shape index (κ3) is 2.66. The van der Waals surface area contributed by atoms with Crippen LogP contribution in [0.15, 0.2) is 29.2 Å². The molecule has 18 heavy (non-hydrogen) atoms. The fourth-order valence-electron chi connectivity index (χ4n) is 2.44. The van der Waals surface area contributed by atoms with Crippen molar-refractivity contribution in [1.82, 2.24) is 0 Å². The Balaban J connectivity index is 2.43. The lowest BCUT2D eigenvalue weighted by Gasteiger charge is -2.37. The standard InChI is InChI=1S/C12H18N2O3S/c13-18(16,17)12-7-2-1-6-11(12)14-8-4-3-5-10(14)9-15/h1-2,6-7,10,15H,3-5,8-9H2,(H2,13,16,17). The van der Waals surface area contributed by atoms with Crippen molar-refractivity contribution in [2.24, 2.45) is 5.14 Å². The predicted molar refractivity (Wildman–Crippen MR) is 69.9 cm³/mol. The summed E-state index contributed by atoms with van der Waals surface area (Å²) < 4.78 is 23.2. The fourth-order valence-corrected chi connectivity index (χ4v) is 3.19. The van der Waals surface area contributed by atoms with Gasteiger partial charge in [-0.3, -0.25) is 0 Å². The van der Waals surface area contributed by atoms with Crippen LogP contribution in [0.25, 0.3) is 0 Å². The number of nitrogens with two attached hydrogens (primary N) is 1. The van der Waals surface area contributed by atoms with Crippen LogP contribution in [0.1, 0.15) is 19.3 Å². The quantitative estimate of drug-likeness (QED) is 0.846. The molecule has 2 rings (SSSR count).